The van der Waals surface area contributed by atoms with E-state index in [2.05, 4.69) is 42.0 Å². The number of pyridine rings is 1. The van der Waals surface area contributed by atoms with E-state index in [1.165, 1.54) is 5.56 Å². The van der Waals surface area contributed by atoms with Crippen molar-refractivity contribution in [2.24, 2.45) is 5.41 Å². The Hall–Kier alpha value is -1.13. The fourth-order valence-corrected chi connectivity index (χ4v) is 2.50. The maximum atomic E-state index is 5.33. The molecule has 0 saturated carbocycles. The highest BCUT2D eigenvalue weighted by atomic mass is 16.5. The van der Waals surface area contributed by atoms with Crippen LogP contribution in [0.3, 0.4) is 0 Å². The molecule has 0 bridgehead atoms. The molecule has 1 aromatic heterocycles. The molecule has 0 spiro atoms. The van der Waals surface area contributed by atoms with Crippen LogP contribution in [0.5, 0.6) is 5.88 Å². The summed E-state index contributed by atoms with van der Waals surface area (Å²) in [4.78, 5) is 6.74. The van der Waals surface area contributed by atoms with Crippen molar-refractivity contribution >= 4 is 0 Å². The van der Waals surface area contributed by atoms with Gasteiger partial charge in [-0.1, -0.05) is 26.8 Å². The van der Waals surface area contributed by atoms with Crippen molar-refractivity contribution in [3.63, 3.8) is 0 Å². The van der Waals surface area contributed by atoms with Crippen molar-refractivity contribution in [2.75, 3.05) is 26.7 Å². The summed E-state index contributed by atoms with van der Waals surface area (Å²) in [5.74, 6) is 0.744. The van der Waals surface area contributed by atoms with Gasteiger partial charge in [0.15, 0.2) is 0 Å². The molecule has 4 heteroatoms. The van der Waals surface area contributed by atoms with Gasteiger partial charge < -0.3 is 10.1 Å². The van der Waals surface area contributed by atoms with Crippen LogP contribution in [-0.4, -0.2) is 42.7 Å². The Morgan fingerprint density at radius 1 is 1.47 bits per heavy atom. The Balaban J connectivity index is 2.03. The molecule has 0 aromatic carbocycles. The third kappa shape index (κ3) is 3.67. The van der Waals surface area contributed by atoms with Crippen molar-refractivity contribution < 1.29 is 4.74 Å². The van der Waals surface area contributed by atoms with Gasteiger partial charge in [-0.25, -0.2) is 4.98 Å². The Morgan fingerprint density at radius 3 is 2.95 bits per heavy atom. The summed E-state index contributed by atoms with van der Waals surface area (Å²) in [6.07, 6.45) is 1.78. The normalized spacial score (nSPS) is 21.4. The van der Waals surface area contributed by atoms with E-state index in [-0.39, 0.29) is 5.41 Å². The topological polar surface area (TPSA) is 37.4 Å². The molecule has 2 rings (SSSR count). The molecular weight excluding hydrogens is 238 g/mol. The average Bonchev–Trinajstić information content (AvgIpc) is 2.39. The number of ether oxygens (including phenoxy) is 1. The van der Waals surface area contributed by atoms with Gasteiger partial charge in [-0.3, -0.25) is 4.90 Å². The minimum absolute atomic E-state index is 0.289. The van der Waals surface area contributed by atoms with Crippen LogP contribution in [0.1, 0.15) is 26.3 Å². The van der Waals surface area contributed by atoms with Crippen LogP contribution in [0.15, 0.2) is 18.3 Å². The zero-order valence-electron chi connectivity index (χ0n) is 12.4. The van der Waals surface area contributed by atoms with Gasteiger partial charge >= 0.3 is 0 Å². The molecule has 1 aliphatic heterocycles. The number of nitrogens with one attached hydrogen (secondary N) is 1. The summed E-state index contributed by atoms with van der Waals surface area (Å²) >= 11 is 0. The standard InChI is InChI=1S/C15H25N3O/c1-15(2,3)13-11-18(9-8-16-13)10-12-6-5-7-17-14(12)19-4/h5-7,13,16H,8-11H2,1-4H3. The summed E-state index contributed by atoms with van der Waals surface area (Å²) in [5.41, 5.74) is 1.46. The minimum atomic E-state index is 0.289. The quantitative estimate of drug-likeness (QED) is 0.904. The predicted octanol–water partition coefficient (Wildman–Crippen LogP) is 1.91. The summed E-state index contributed by atoms with van der Waals surface area (Å²) in [5, 5.41) is 3.61. The number of piperazine rings is 1. The molecule has 2 heterocycles. The molecule has 4 nitrogen and oxygen atoms in total. The highest BCUT2D eigenvalue weighted by Gasteiger charge is 2.29. The monoisotopic (exact) mass is 263 g/mol. The molecule has 0 aliphatic carbocycles. The van der Waals surface area contributed by atoms with Crippen molar-refractivity contribution in [3.05, 3.63) is 23.9 Å². The third-order valence-electron chi connectivity index (χ3n) is 3.74. The molecule has 1 aromatic rings. The Morgan fingerprint density at radius 2 is 2.26 bits per heavy atom. The summed E-state index contributed by atoms with van der Waals surface area (Å²) < 4.78 is 5.33. The van der Waals surface area contributed by atoms with Gasteiger partial charge in [-0.2, -0.15) is 0 Å². The van der Waals surface area contributed by atoms with Crippen LogP contribution in [0, 0.1) is 5.41 Å². The van der Waals surface area contributed by atoms with Crippen molar-refractivity contribution in [1.29, 1.82) is 0 Å². The van der Waals surface area contributed by atoms with E-state index in [4.69, 9.17) is 4.74 Å². The summed E-state index contributed by atoms with van der Waals surface area (Å²) in [6, 6.07) is 4.60. The van der Waals surface area contributed by atoms with Gasteiger partial charge in [0, 0.05) is 44.0 Å². The second-order valence-corrected chi connectivity index (χ2v) is 6.28. The van der Waals surface area contributed by atoms with Crippen LogP contribution >= 0.6 is 0 Å². The lowest BCUT2D eigenvalue weighted by Crippen LogP contribution is -2.55. The van der Waals surface area contributed by atoms with Gasteiger partial charge in [0.25, 0.3) is 0 Å². The van der Waals surface area contributed by atoms with Gasteiger partial charge in [0.1, 0.15) is 0 Å². The van der Waals surface area contributed by atoms with Crippen LogP contribution in [0.2, 0.25) is 0 Å². The smallest absolute Gasteiger partial charge is 0.217 e. The minimum Gasteiger partial charge on any atom is -0.481 e. The largest absolute Gasteiger partial charge is 0.481 e. The Bertz CT molecular complexity index is 414. The second kappa shape index (κ2) is 5.88. The van der Waals surface area contributed by atoms with E-state index < -0.39 is 0 Å². The van der Waals surface area contributed by atoms with E-state index in [1.807, 2.05) is 6.07 Å². The summed E-state index contributed by atoms with van der Waals surface area (Å²) in [6.45, 7) is 11.0. The lowest BCUT2D eigenvalue weighted by molar-refractivity contribution is 0.128. The van der Waals surface area contributed by atoms with Gasteiger partial charge in [0.2, 0.25) is 5.88 Å². The zero-order valence-corrected chi connectivity index (χ0v) is 12.4. The predicted molar refractivity (Wildman–Crippen MR) is 77.3 cm³/mol. The van der Waals surface area contributed by atoms with Crippen LogP contribution in [0.4, 0.5) is 0 Å². The zero-order chi connectivity index (χ0) is 13.9. The fraction of sp³-hybridized carbons (Fsp3) is 0.667. The van der Waals surface area contributed by atoms with E-state index in [1.54, 1.807) is 13.3 Å². The summed E-state index contributed by atoms with van der Waals surface area (Å²) in [7, 11) is 1.68. The molecule has 1 unspecified atom stereocenters. The molecule has 1 saturated heterocycles. The number of rotatable bonds is 3. The number of methoxy groups -OCH3 is 1. The maximum absolute atomic E-state index is 5.33. The first-order valence-electron chi connectivity index (χ1n) is 6.94. The van der Waals surface area contributed by atoms with Crippen molar-refractivity contribution in [3.8, 4) is 5.88 Å². The fourth-order valence-electron chi connectivity index (χ4n) is 2.50. The Labute approximate surface area is 116 Å². The molecule has 106 valence electrons. The van der Waals surface area contributed by atoms with Crippen LogP contribution in [-0.2, 0) is 6.54 Å². The number of nitrogens with zero attached hydrogens (tertiary/aromatic N) is 2. The molecule has 1 fully saturated rings. The van der Waals surface area contributed by atoms with Gasteiger partial charge in [-0.05, 0) is 11.5 Å². The number of hydrogen-bond acceptors (Lipinski definition) is 4. The van der Waals surface area contributed by atoms with Crippen molar-refractivity contribution in [1.82, 2.24) is 15.2 Å². The molecule has 1 aliphatic rings. The molecular formula is C15H25N3O. The number of hydrogen-bond donors (Lipinski definition) is 1. The van der Waals surface area contributed by atoms with E-state index in [0.717, 1.165) is 32.1 Å². The van der Waals surface area contributed by atoms with E-state index in [0.29, 0.717) is 6.04 Å². The Kier molecular flexibility index (Phi) is 4.42. The highest BCUT2D eigenvalue weighted by molar-refractivity contribution is 5.25. The first-order valence-corrected chi connectivity index (χ1v) is 6.94. The van der Waals surface area contributed by atoms with Crippen LogP contribution in [0.25, 0.3) is 0 Å². The van der Waals surface area contributed by atoms with Crippen molar-refractivity contribution in [2.45, 2.75) is 33.4 Å². The maximum Gasteiger partial charge on any atom is 0.217 e. The lowest BCUT2D eigenvalue weighted by Gasteiger charge is -2.40. The first-order chi connectivity index (χ1) is 9.00. The molecule has 19 heavy (non-hydrogen) atoms. The van der Waals surface area contributed by atoms with Crippen LogP contribution < -0.4 is 10.1 Å². The SMILES string of the molecule is COc1ncccc1CN1CCNC(C(C)(C)C)C1. The first kappa shape index (κ1) is 14.3. The second-order valence-electron chi connectivity index (χ2n) is 6.28. The highest BCUT2D eigenvalue weighted by Crippen LogP contribution is 2.23. The molecule has 1 N–H and O–H groups in total. The molecule has 0 amide bonds. The van der Waals surface area contributed by atoms with Gasteiger partial charge in [-0.15, -0.1) is 0 Å². The average molecular weight is 263 g/mol. The third-order valence-corrected chi connectivity index (χ3v) is 3.74. The molecule has 0 radical (unpaired) electrons. The lowest BCUT2D eigenvalue weighted by atomic mass is 9.85. The van der Waals surface area contributed by atoms with E-state index in [9.17, 15) is 0 Å². The van der Waals surface area contributed by atoms with E-state index >= 15 is 0 Å². The molecule has 1 atom stereocenters. The number of aromatic nitrogens is 1. The van der Waals surface area contributed by atoms with Gasteiger partial charge in [0.05, 0.1) is 7.11 Å².